The number of carboxylic acid groups (broad SMARTS) is 1. The van der Waals surface area contributed by atoms with E-state index in [2.05, 4.69) is 4.72 Å². The van der Waals surface area contributed by atoms with E-state index in [4.69, 9.17) is 14.6 Å². The number of amides is 1. The minimum atomic E-state index is -3.28. The van der Waals surface area contributed by atoms with Crippen molar-refractivity contribution in [3.8, 4) is 0 Å². The maximum atomic E-state index is 13.2. The van der Waals surface area contributed by atoms with Crippen molar-refractivity contribution in [3.63, 3.8) is 0 Å². The molecule has 1 amide bonds. The summed E-state index contributed by atoms with van der Waals surface area (Å²) in [6, 6.07) is 1.70. The van der Waals surface area contributed by atoms with Gasteiger partial charge in [0.2, 0.25) is 10.0 Å². The third-order valence-electron chi connectivity index (χ3n) is 6.97. The Balaban J connectivity index is 0.000000913. The minimum absolute atomic E-state index is 0.0328. The summed E-state index contributed by atoms with van der Waals surface area (Å²) in [6.45, 7) is 4.93. The van der Waals surface area contributed by atoms with Crippen molar-refractivity contribution in [1.29, 1.82) is 0 Å². The average Bonchev–Trinajstić information content (AvgIpc) is 3.37. The van der Waals surface area contributed by atoms with Gasteiger partial charge in [0.25, 0.3) is 17.9 Å². The summed E-state index contributed by atoms with van der Waals surface area (Å²) in [7, 11) is -1.58. The molecule has 4 heterocycles. The highest BCUT2D eigenvalue weighted by molar-refractivity contribution is 7.88. The van der Waals surface area contributed by atoms with Gasteiger partial charge in [0, 0.05) is 37.7 Å². The van der Waals surface area contributed by atoms with Crippen molar-refractivity contribution < 1.29 is 27.9 Å². The molecule has 178 valence electrons. The second kappa shape index (κ2) is 8.95. The molecule has 1 spiro atoms. The fraction of sp³-hybridized carbons (Fsp3) is 0.667. The van der Waals surface area contributed by atoms with Crippen LogP contribution in [0.15, 0.2) is 10.9 Å². The minimum Gasteiger partial charge on any atom is -0.483 e. The van der Waals surface area contributed by atoms with Gasteiger partial charge in [-0.05, 0) is 37.8 Å². The summed E-state index contributed by atoms with van der Waals surface area (Å²) in [5.74, 6) is -0.135. The first-order chi connectivity index (χ1) is 15.0. The molecule has 1 aromatic rings. The number of carbonyl (C=O) groups is 2. The van der Waals surface area contributed by atoms with Gasteiger partial charge >= 0.3 is 0 Å². The first-order valence-corrected chi connectivity index (χ1v) is 12.6. The van der Waals surface area contributed by atoms with Gasteiger partial charge in [-0.2, -0.15) is 0 Å². The third-order valence-corrected chi connectivity index (χ3v) is 7.66. The first-order valence-electron chi connectivity index (χ1n) is 10.7. The number of fused-ring (bicyclic) bond motifs is 1. The lowest BCUT2D eigenvalue weighted by atomic mass is 9.74. The van der Waals surface area contributed by atoms with Gasteiger partial charge in [0.05, 0.1) is 24.5 Å². The van der Waals surface area contributed by atoms with E-state index in [9.17, 15) is 18.0 Å². The Morgan fingerprint density at radius 2 is 2.09 bits per heavy atom. The Morgan fingerprint density at radius 1 is 1.44 bits per heavy atom. The van der Waals surface area contributed by atoms with Gasteiger partial charge in [-0.25, -0.2) is 13.1 Å². The second-order valence-electron chi connectivity index (χ2n) is 8.85. The van der Waals surface area contributed by atoms with Crippen LogP contribution in [-0.2, 0) is 33.0 Å². The summed E-state index contributed by atoms with van der Waals surface area (Å²) in [5, 5.41) is 6.89. The van der Waals surface area contributed by atoms with Gasteiger partial charge < -0.3 is 19.3 Å². The highest BCUT2D eigenvalue weighted by Gasteiger charge is 2.63. The molecule has 3 aliphatic heterocycles. The van der Waals surface area contributed by atoms with E-state index in [-0.39, 0.29) is 41.4 Å². The summed E-state index contributed by atoms with van der Waals surface area (Å²) in [5.41, 5.74) is 1.38. The molecule has 2 bridgehead atoms. The van der Waals surface area contributed by atoms with E-state index in [1.807, 2.05) is 13.8 Å². The Hall–Kier alpha value is -2.24. The van der Waals surface area contributed by atoms with Crippen LogP contribution in [0.2, 0.25) is 0 Å². The first kappa shape index (κ1) is 24.4. The van der Waals surface area contributed by atoms with E-state index in [1.54, 1.807) is 22.6 Å². The normalized spacial score (nSPS) is 28.2. The number of aryl methyl sites for hydroxylation is 1. The third kappa shape index (κ3) is 4.33. The van der Waals surface area contributed by atoms with Gasteiger partial charge in [0.15, 0.2) is 0 Å². The zero-order valence-corrected chi connectivity index (χ0v) is 19.6. The number of pyridine rings is 1. The maximum Gasteiger partial charge on any atom is 0.290 e. The summed E-state index contributed by atoms with van der Waals surface area (Å²) < 4.78 is 33.5. The second-order valence-corrected chi connectivity index (χ2v) is 10.7. The van der Waals surface area contributed by atoms with Gasteiger partial charge in [-0.1, -0.05) is 6.92 Å². The number of rotatable bonds is 5. The van der Waals surface area contributed by atoms with Crippen LogP contribution >= 0.6 is 0 Å². The Labute approximate surface area is 187 Å². The van der Waals surface area contributed by atoms with Crippen LogP contribution in [0.4, 0.5) is 0 Å². The number of carbonyl (C=O) groups excluding carboxylic acids is 1. The number of likely N-dealkylation sites (tertiary alicyclic amines) is 1. The fourth-order valence-corrected chi connectivity index (χ4v) is 6.13. The zero-order chi connectivity index (χ0) is 23.8. The quantitative estimate of drug-likeness (QED) is 0.585. The molecular formula is C21H31N3O7S. The van der Waals surface area contributed by atoms with Gasteiger partial charge in [0.1, 0.15) is 5.56 Å². The molecule has 11 heteroatoms. The molecule has 0 aliphatic carbocycles. The number of sulfonamides is 1. The van der Waals surface area contributed by atoms with Gasteiger partial charge in [-0.3, -0.25) is 14.4 Å². The smallest absolute Gasteiger partial charge is 0.290 e. The highest BCUT2D eigenvalue weighted by atomic mass is 32.2. The molecule has 32 heavy (non-hydrogen) atoms. The Bertz CT molecular complexity index is 1070. The molecule has 3 aliphatic rings. The summed E-state index contributed by atoms with van der Waals surface area (Å²) in [4.78, 5) is 36.1. The highest BCUT2D eigenvalue weighted by Crippen LogP contribution is 2.54. The number of nitrogens with one attached hydrogen (secondary N) is 1. The van der Waals surface area contributed by atoms with Crippen molar-refractivity contribution in [2.75, 3.05) is 25.9 Å². The standard InChI is InChI=1S/C20H29N3O5S.CH2O2/c1-5-16-12(2)8-13(18(24)22(16)3)19(25)23-10-15-14(9-21-29(4,26)27)17-6-7-20(15,11-23)28-17;2-1-3/h8,14-15,17,21H,5-7,9-11H2,1-4H3;1H,(H,2,3)/t14-,15+,17+,20+;/m0./s1. The molecule has 4 rings (SSSR count). The molecule has 0 aromatic carbocycles. The number of ether oxygens (including phenoxy) is 1. The Morgan fingerprint density at radius 3 is 2.69 bits per heavy atom. The lowest BCUT2D eigenvalue weighted by molar-refractivity contribution is -0.122. The van der Waals surface area contributed by atoms with Crippen LogP contribution in [0, 0.1) is 18.8 Å². The monoisotopic (exact) mass is 469 g/mol. The fourth-order valence-electron chi connectivity index (χ4n) is 5.63. The van der Waals surface area contributed by atoms with Crippen LogP contribution in [0.1, 0.15) is 41.4 Å². The molecule has 10 nitrogen and oxygen atoms in total. The molecule has 0 unspecified atom stereocenters. The van der Waals surface area contributed by atoms with E-state index >= 15 is 0 Å². The van der Waals surface area contributed by atoms with Crippen molar-refractivity contribution in [2.24, 2.45) is 18.9 Å². The molecule has 3 saturated heterocycles. The zero-order valence-electron chi connectivity index (χ0n) is 18.8. The van der Waals surface area contributed by atoms with Crippen molar-refractivity contribution in [2.45, 2.75) is 44.8 Å². The largest absolute Gasteiger partial charge is 0.483 e. The lowest BCUT2D eigenvalue weighted by Gasteiger charge is -2.29. The molecule has 1 aromatic heterocycles. The van der Waals surface area contributed by atoms with Crippen LogP contribution < -0.4 is 10.3 Å². The van der Waals surface area contributed by atoms with E-state index in [0.29, 0.717) is 19.6 Å². The predicted octanol–water partition coefficient (Wildman–Crippen LogP) is 0.126. The van der Waals surface area contributed by atoms with Crippen LogP contribution in [-0.4, -0.2) is 73.0 Å². The van der Waals surface area contributed by atoms with E-state index in [0.717, 1.165) is 36.8 Å². The topological polar surface area (TPSA) is 135 Å². The molecule has 0 radical (unpaired) electrons. The number of nitrogens with zero attached hydrogens (tertiary/aromatic N) is 2. The number of hydrogen-bond donors (Lipinski definition) is 2. The van der Waals surface area contributed by atoms with Crippen LogP contribution in [0.25, 0.3) is 0 Å². The SMILES string of the molecule is CCc1c(C)cc(C(=O)N2C[C@@H]3[C@H](CNS(C)(=O)=O)[C@H]4CC[C@]3(C2)O4)c(=O)n1C.O=CO. The van der Waals surface area contributed by atoms with Crippen LogP contribution in [0.3, 0.4) is 0 Å². The van der Waals surface area contributed by atoms with Gasteiger partial charge in [-0.15, -0.1) is 0 Å². The number of aromatic nitrogens is 1. The number of hydrogen-bond acceptors (Lipinski definition) is 6. The van der Waals surface area contributed by atoms with Crippen molar-refractivity contribution >= 4 is 22.4 Å². The van der Waals surface area contributed by atoms with E-state index < -0.39 is 15.6 Å². The lowest BCUT2D eigenvalue weighted by Crippen LogP contribution is -2.41. The summed E-state index contributed by atoms with van der Waals surface area (Å²) in [6.07, 6.45) is 3.66. The Kier molecular flexibility index (Phi) is 6.83. The molecule has 2 N–H and O–H groups in total. The predicted molar refractivity (Wildman–Crippen MR) is 117 cm³/mol. The molecule has 4 atom stereocenters. The van der Waals surface area contributed by atoms with Crippen molar-refractivity contribution in [1.82, 2.24) is 14.2 Å². The van der Waals surface area contributed by atoms with Crippen LogP contribution in [0.5, 0.6) is 0 Å². The average molecular weight is 470 g/mol. The molecular weight excluding hydrogens is 438 g/mol. The summed E-state index contributed by atoms with van der Waals surface area (Å²) >= 11 is 0. The van der Waals surface area contributed by atoms with Crippen molar-refractivity contribution in [3.05, 3.63) is 33.2 Å². The molecule has 3 fully saturated rings. The van der Waals surface area contributed by atoms with E-state index in [1.165, 1.54) is 0 Å². The molecule has 0 saturated carbocycles. The maximum absolute atomic E-state index is 13.2.